The second-order valence-electron chi connectivity index (χ2n) is 5.13. The number of carbonyl (C=O) groups excluding carboxylic acids is 1. The van der Waals surface area contributed by atoms with Crippen LogP contribution in [0.25, 0.3) is 0 Å². The lowest BCUT2D eigenvalue weighted by atomic mass is 9.98. The first-order chi connectivity index (χ1) is 9.65. The largest absolute Gasteiger partial charge is 0.385 e. The predicted molar refractivity (Wildman–Crippen MR) is 81.6 cm³/mol. The first kappa shape index (κ1) is 16.7. The number of rotatable bonds is 9. The van der Waals surface area contributed by atoms with E-state index >= 15 is 0 Å². The molecule has 2 atom stereocenters. The van der Waals surface area contributed by atoms with Gasteiger partial charge in [-0.25, -0.2) is 0 Å². The van der Waals surface area contributed by atoms with Crippen LogP contribution >= 0.6 is 0 Å². The number of amides is 1. The SMILES string of the molecule is COCCCC(N)C(=O)NCCC(C)c1ccccc1. The second-order valence-corrected chi connectivity index (χ2v) is 5.13. The maximum Gasteiger partial charge on any atom is 0.236 e. The van der Waals surface area contributed by atoms with Crippen LogP contribution < -0.4 is 11.1 Å². The van der Waals surface area contributed by atoms with Crippen molar-refractivity contribution in [2.24, 2.45) is 5.73 Å². The van der Waals surface area contributed by atoms with Gasteiger partial charge in [0.05, 0.1) is 6.04 Å². The van der Waals surface area contributed by atoms with Crippen molar-refractivity contribution in [1.82, 2.24) is 5.32 Å². The van der Waals surface area contributed by atoms with E-state index in [1.165, 1.54) is 5.56 Å². The highest BCUT2D eigenvalue weighted by atomic mass is 16.5. The molecule has 0 aliphatic carbocycles. The highest BCUT2D eigenvalue weighted by Gasteiger charge is 2.13. The minimum absolute atomic E-state index is 0.0682. The van der Waals surface area contributed by atoms with E-state index in [4.69, 9.17) is 10.5 Å². The van der Waals surface area contributed by atoms with Gasteiger partial charge < -0.3 is 15.8 Å². The molecule has 0 radical (unpaired) electrons. The summed E-state index contributed by atoms with van der Waals surface area (Å²) >= 11 is 0. The maximum atomic E-state index is 11.8. The first-order valence-electron chi connectivity index (χ1n) is 7.22. The molecule has 1 amide bonds. The van der Waals surface area contributed by atoms with Crippen LogP contribution in [0, 0.1) is 0 Å². The molecular formula is C16H26N2O2. The molecule has 0 fully saturated rings. The summed E-state index contributed by atoms with van der Waals surface area (Å²) in [6.07, 6.45) is 2.39. The van der Waals surface area contributed by atoms with E-state index in [2.05, 4.69) is 24.4 Å². The summed E-state index contributed by atoms with van der Waals surface area (Å²) < 4.78 is 4.95. The summed E-state index contributed by atoms with van der Waals surface area (Å²) in [5.74, 6) is 0.364. The third kappa shape index (κ3) is 6.17. The van der Waals surface area contributed by atoms with Crippen molar-refractivity contribution in [3.8, 4) is 0 Å². The molecule has 0 heterocycles. The number of benzene rings is 1. The van der Waals surface area contributed by atoms with E-state index in [-0.39, 0.29) is 5.91 Å². The average Bonchev–Trinajstić information content (AvgIpc) is 2.48. The summed E-state index contributed by atoms with van der Waals surface area (Å²) in [4.78, 5) is 11.8. The number of carbonyl (C=O) groups is 1. The number of nitrogens with one attached hydrogen (secondary N) is 1. The summed E-state index contributed by atoms with van der Waals surface area (Å²) in [5.41, 5.74) is 7.12. The highest BCUT2D eigenvalue weighted by molar-refractivity contribution is 5.81. The summed E-state index contributed by atoms with van der Waals surface area (Å²) in [5, 5.41) is 2.91. The zero-order valence-electron chi connectivity index (χ0n) is 12.5. The summed E-state index contributed by atoms with van der Waals surface area (Å²) in [7, 11) is 1.65. The topological polar surface area (TPSA) is 64.3 Å². The molecule has 0 aliphatic heterocycles. The van der Waals surface area contributed by atoms with Gasteiger partial charge in [0.25, 0.3) is 0 Å². The number of hydrogen-bond acceptors (Lipinski definition) is 3. The van der Waals surface area contributed by atoms with E-state index in [1.807, 2.05) is 18.2 Å². The van der Waals surface area contributed by atoms with Crippen molar-refractivity contribution < 1.29 is 9.53 Å². The number of ether oxygens (including phenoxy) is 1. The molecule has 2 unspecified atom stereocenters. The van der Waals surface area contributed by atoms with Gasteiger partial charge in [0.15, 0.2) is 0 Å². The van der Waals surface area contributed by atoms with E-state index < -0.39 is 6.04 Å². The first-order valence-corrected chi connectivity index (χ1v) is 7.22. The standard InChI is InChI=1S/C16H26N2O2/c1-13(14-7-4-3-5-8-14)10-11-18-16(19)15(17)9-6-12-20-2/h3-5,7-8,13,15H,6,9-12,17H2,1-2H3,(H,18,19). The molecule has 3 N–H and O–H groups in total. The van der Waals surface area contributed by atoms with Crippen molar-refractivity contribution in [2.45, 2.75) is 38.1 Å². The van der Waals surface area contributed by atoms with E-state index in [0.29, 0.717) is 25.5 Å². The fraction of sp³-hybridized carbons (Fsp3) is 0.562. The Morgan fingerprint density at radius 3 is 2.65 bits per heavy atom. The molecule has 112 valence electrons. The van der Waals surface area contributed by atoms with Gasteiger partial charge in [0, 0.05) is 20.3 Å². The third-order valence-corrected chi connectivity index (χ3v) is 3.45. The van der Waals surface area contributed by atoms with Crippen LogP contribution in [-0.4, -0.2) is 32.2 Å². The van der Waals surface area contributed by atoms with Crippen molar-refractivity contribution >= 4 is 5.91 Å². The van der Waals surface area contributed by atoms with E-state index in [9.17, 15) is 4.79 Å². The lowest BCUT2D eigenvalue weighted by Gasteiger charge is -2.15. The van der Waals surface area contributed by atoms with Gasteiger partial charge in [-0.1, -0.05) is 37.3 Å². The van der Waals surface area contributed by atoms with Gasteiger partial charge in [0.1, 0.15) is 0 Å². The van der Waals surface area contributed by atoms with E-state index in [1.54, 1.807) is 7.11 Å². The van der Waals surface area contributed by atoms with Gasteiger partial charge in [-0.2, -0.15) is 0 Å². The molecular weight excluding hydrogens is 252 g/mol. The lowest BCUT2D eigenvalue weighted by molar-refractivity contribution is -0.122. The van der Waals surface area contributed by atoms with Gasteiger partial charge in [-0.15, -0.1) is 0 Å². The molecule has 0 aromatic heterocycles. The van der Waals surface area contributed by atoms with Crippen LogP contribution in [0.4, 0.5) is 0 Å². The maximum absolute atomic E-state index is 11.8. The Balaban J connectivity index is 2.21. The monoisotopic (exact) mass is 278 g/mol. The average molecular weight is 278 g/mol. The van der Waals surface area contributed by atoms with Crippen LogP contribution in [0.1, 0.15) is 37.7 Å². The second kappa shape index (κ2) is 9.50. The van der Waals surface area contributed by atoms with E-state index in [0.717, 1.165) is 12.8 Å². The third-order valence-electron chi connectivity index (χ3n) is 3.45. The Morgan fingerprint density at radius 1 is 1.30 bits per heavy atom. The van der Waals surface area contributed by atoms with Crippen molar-refractivity contribution in [1.29, 1.82) is 0 Å². The van der Waals surface area contributed by atoms with Crippen LogP contribution in [0.2, 0.25) is 0 Å². The Labute approximate surface area is 121 Å². The van der Waals surface area contributed by atoms with Crippen molar-refractivity contribution in [2.75, 3.05) is 20.3 Å². The number of hydrogen-bond donors (Lipinski definition) is 2. The molecule has 1 rings (SSSR count). The Hall–Kier alpha value is -1.39. The normalized spacial score (nSPS) is 13.8. The minimum Gasteiger partial charge on any atom is -0.385 e. The zero-order chi connectivity index (χ0) is 14.8. The quantitative estimate of drug-likeness (QED) is 0.680. The van der Waals surface area contributed by atoms with Gasteiger partial charge >= 0.3 is 0 Å². The zero-order valence-corrected chi connectivity index (χ0v) is 12.5. The van der Waals surface area contributed by atoms with Crippen LogP contribution in [0.5, 0.6) is 0 Å². The molecule has 0 saturated heterocycles. The molecule has 1 aromatic rings. The summed E-state index contributed by atoms with van der Waals surface area (Å²) in [6.45, 7) is 3.47. The predicted octanol–water partition coefficient (Wildman–Crippen LogP) is 2.05. The fourth-order valence-electron chi connectivity index (χ4n) is 2.07. The van der Waals surface area contributed by atoms with Gasteiger partial charge in [-0.05, 0) is 30.7 Å². The van der Waals surface area contributed by atoms with Crippen molar-refractivity contribution in [3.05, 3.63) is 35.9 Å². The molecule has 0 aliphatic rings. The Morgan fingerprint density at radius 2 is 2.00 bits per heavy atom. The highest BCUT2D eigenvalue weighted by Crippen LogP contribution is 2.17. The number of methoxy groups -OCH3 is 1. The van der Waals surface area contributed by atoms with Crippen molar-refractivity contribution in [3.63, 3.8) is 0 Å². The molecule has 4 heteroatoms. The van der Waals surface area contributed by atoms with Crippen LogP contribution in [0.15, 0.2) is 30.3 Å². The molecule has 20 heavy (non-hydrogen) atoms. The molecule has 0 saturated carbocycles. The fourth-order valence-corrected chi connectivity index (χ4v) is 2.07. The van der Waals surface area contributed by atoms with Crippen LogP contribution in [-0.2, 0) is 9.53 Å². The molecule has 0 bridgehead atoms. The molecule has 1 aromatic carbocycles. The molecule has 0 spiro atoms. The lowest BCUT2D eigenvalue weighted by Crippen LogP contribution is -2.41. The summed E-state index contributed by atoms with van der Waals surface area (Å²) in [6, 6.07) is 9.88. The Bertz CT molecular complexity index is 381. The van der Waals surface area contributed by atoms with Crippen LogP contribution in [0.3, 0.4) is 0 Å². The van der Waals surface area contributed by atoms with Gasteiger partial charge in [0.2, 0.25) is 5.91 Å². The Kier molecular flexibility index (Phi) is 7.92. The smallest absolute Gasteiger partial charge is 0.236 e. The van der Waals surface area contributed by atoms with Gasteiger partial charge in [-0.3, -0.25) is 4.79 Å². The minimum atomic E-state index is -0.433. The number of nitrogens with two attached hydrogens (primary N) is 1. The molecule has 4 nitrogen and oxygen atoms in total.